The van der Waals surface area contributed by atoms with Crippen LogP contribution >= 0.6 is 0 Å². The van der Waals surface area contributed by atoms with Crippen molar-refractivity contribution in [3.63, 3.8) is 0 Å². The quantitative estimate of drug-likeness (QED) is 0.526. The second-order valence-corrected chi connectivity index (χ2v) is 2.60. The van der Waals surface area contributed by atoms with Gasteiger partial charge in [0, 0.05) is 0 Å². The van der Waals surface area contributed by atoms with Crippen LogP contribution in [0.1, 0.15) is 26.2 Å². The summed E-state index contributed by atoms with van der Waals surface area (Å²) in [5.41, 5.74) is -0.569. The Balaban J connectivity index is 2.71. The highest BCUT2D eigenvalue weighted by Crippen LogP contribution is 2.40. The first kappa shape index (κ1) is 6.28. The van der Waals surface area contributed by atoms with Crippen LogP contribution in [0.2, 0.25) is 0 Å². The normalized spacial score (nSPS) is 21.8. The molecule has 0 unspecified atom stereocenters. The van der Waals surface area contributed by atoms with E-state index in [0.717, 1.165) is 19.3 Å². The van der Waals surface area contributed by atoms with E-state index in [1.165, 1.54) is 6.92 Å². The Labute approximate surface area is 54.5 Å². The molecule has 0 radical (unpaired) electrons. The van der Waals surface area contributed by atoms with Crippen molar-refractivity contribution in [3.8, 4) is 6.07 Å². The molecule has 0 aromatic heterocycles. The Bertz CT molecular complexity index is 174. The molecule has 2 nitrogen and oxygen atoms in total. The summed E-state index contributed by atoms with van der Waals surface area (Å²) in [6.07, 6.45) is 2.59. The smallest absolute Gasteiger partial charge is 0.150 e. The number of carbonyl (C=O) groups is 1. The van der Waals surface area contributed by atoms with Crippen molar-refractivity contribution in [2.45, 2.75) is 26.2 Å². The molecule has 0 spiro atoms. The lowest BCUT2D eigenvalue weighted by molar-refractivity contribution is -0.127. The van der Waals surface area contributed by atoms with Crippen molar-refractivity contribution in [3.05, 3.63) is 0 Å². The van der Waals surface area contributed by atoms with Gasteiger partial charge in [-0.3, -0.25) is 4.79 Å². The molecule has 0 amide bonds. The molecule has 1 rings (SSSR count). The maximum Gasteiger partial charge on any atom is 0.150 e. The van der Waals surface area contributed by atoms with Gasteiger partial charge in [-0.15, -0.1) is 0 Å². The summed E-state index contributed by atoms with van der Waals surface area (Å²) in [4.78, 5) is 10.8. The van der Waals surface area contributed by atoms with Crippen LogP contribution in [-0.4, -0.2) is 5.78 Å². The topological polar surface area (TPSA) is 40.9 Å². The van der Waals surface area contributed by atoms with E-state index in [2.05, 4.69) is 6.07 Å². The monoisotopic (exact) mass is 123 g/mol. The first-order valence-corrected chi connectivity index (χ1v) is 3.13. The zero-order valence-corrected chi connectivity index (χ0v) is 5.48. The fraction of sp³-hybridized carbons (Fsp3) is 0.714. The van der Waals surface area contributed by atoms with Gasteiger partial charge in [-0.1, -0.05) is 0 Å². The van der Waals surface area contributed by atoms with Crippen LogP contribution in [0.25, 0.3) is 0 Å². The highest BCUT2D eigenvalue weighted by molar-refractivity contribution is 5.86. The average molecular weight is 123 g/mol. The largest absolute Gasteiger partial charge is 0.298 e. The summed E-state index contributed by atoms with van der Waals surface area (Å²) < 4.78 is 0. The van der Waals surface area contributed by atoms with Gasteiger partial charge in [0.1, 0.15) is 11.2 Å². The molecule has 9 heavy (non-hydrogen) atoms. The van der Waals surface area contributed by atoms with Gasteiger partial charge in [-0.05, 0) is 26.2 Å². The molecule has 0 heterocycles. The van der Waals surface area contributed by atoms with Gasteiger partial charge in [0.15, 0.2) is 0 Å². The molecular formula is C7H9NO. The zero-order chi connectivity index (χ0) is 6.91. The first-order valence-electron chi connectivity index (χ1n) is 3.13. The van der Waals surface area contributed by atoms with Crippen LogP contribution in [0.5, 0.6) is 0 Å². The Morgan fingerprint density at radius 2 is 2.22 bits per heavy atom. The first-order chi connectivity index (χ1) is 4.21. The minimum Gasteiger partial charge on any atom is -0.298 e. The number of carbonyl (C=O) groups excluding carboxylic acids is 1. The predicted octanol–water partition coefficient (Wildman–Crippen LogP) is 1.27. The highest BCUT2D eigenvalue weighted by Gasteiger charge is 2.41. The van der Waals surface area contributed by atoms with Crippen LogP contribution in [-0.2, 0) is 4.79 Å². The lowest BCUT2D eigenvalue weighted by atomic mass is 9.67. The second kappa shape index (κ2) is 1.84. The summed E-state index contributed by atoms with van der Waals surface area (Å²) >= 11 is 0. The van der Waals surface area contributed by atoms with Crippen LogP contribution in [0.15, 0.2) is 0 Å². The maximum atomic E-state index is 10.8. The van der Waals surface area contributed by atoms with Gasteiger partial charge < -0.3 is 0 Å². The van der Waals surface area contributed by atoms with Crippen molar-refractivity contribution in [2.24, 2.45) is 5.41 Å². The van der Waals surface area contributed by atoms with Crippen molar-refractivity contribution in [1.82, 2.24) is 0 Å². The fourth-order valence-electron chi connectivity index (χ4n) is 1.07. The number of Topliss-reactive ketones (excluding diaryl/α,β-unsaturated/α-hetero) is 1. The molecule has 0 aromatic rings. The van der Waals surface area contributed by atoms with E-state index in [-0.39, 0.29) is 5.78 Å². The standard InChI is InChI=1S/C7H9NO/c1-6(9)7(5-8)3-2-4-7/h2-4H2,1H3. The molecule has 0 aromatic carbocycles. The number of nitrogens with zero attached hydrogens (tertiary/aromatic N) is 1. The summed E-state index contributed by atoms with van der Waals surface area (Å²) in [5.74, 6) is 0.0382. The van der Waals surface area contributed by atoms with E-state index < -0.39 is 5.41 Å². The molecule has 1 saturated carbocycles. The maximum absolute atomic E-state index is 10.8. The van der Waals surface area contributed by atoms with E-state index in [1.54, 1.807) is 0 Å². The Morgan fingerprint density at radius 3 is 2.22 bits per heavy atom. The minimum absolute atomic E-state index is 0.0382. The van der Waals surface area contributed by atoms with Crippen LogP contribution in [0, 0.1) is 16.7 Å². The summed E-state index contributed by atoms with van der Waals surface area (Å²) in [6.45, 7) is 1.50. The average Bonchev–Trinajstić information content (AvgIpc) is 1.62. The van der Waals surface area contributed by atoms with Crippen LogP contribution in [0.4, 0.5) is 0 Å². The molecule has 2 heteroatoms. The van der Waals surface area contributed by atoms with E-state index in [9.17, 15) is 4.79 Å². The number of rotatable bonds is 1. The molecule has 0 N–H and O–H groups in total. The number of hydrogen-bond acceptors (Lipinski definition) is 2. The number of nitriles is 1. The Morgan fingerprint density at radius 1 is 1.67 bits per heavy atom. The summed E-state index contributed by atoms with van der Waals surface area (Å²) in [6, 6.07) is 2.06. The Kier molecular flexibility index (Phi) is 1.28. The van der Waals surface area contributed by atoms with E-state index in [4.69, 9.17) is 5.26 Å². The third-order valence-electron chi connectivity index (χ3n) is 2.10. The lowest BCUT2D eigenvalue weighted by Gasteiger charge is -2.31. The lowest BCUT2D eigenvalue weighted by Crippen LogP contribution is -2.34. The van der Waals surface area contributed by atoms with Gasteiger partial charge in [0.2, 0.25) is 0 Å². The molecule has 0 bridgehead atoms. The predicted molar refractivity (Wildman–Crippen MR) is 32.6 cm³/mol. The highest BCUT2D eigenvalue weighted by atomic mass is 16.1. The van der Waals surface area contributed by atoms with Crippen molar-refractivity contribution >= 4 is 5.78 Å². The molecule has 48 valence electrons. The molecule has 0 atom stereocenters. The minimum atomic E-state index is -0.569. The van der Waals surface area contributed by atoms with Gasteiger partial charge >= 0.3 is 0 Å². The summed E-state index contributed by atoms with van der Waals surface area (Å²) in [7, 11) is 0. The molecule has 1 aliphatic carbocycles. The van der Waals surface area contributed by atoms with E-state index in [0.29, 0.717) is 0 Å². The molecule has 0 saturated heterocycles. The number of hydrogen-bond donors (Lipinski definition) is 0. The van der Waals surface area contributed by atoms with E-state index in [1.807, 2.05) is 0 Å². The molecular weight excluding hydrogens is 114 g/mol. The van der Waals surface area contributed by atoms with Crippen LogP contribution in [0.3, 0.4) is 0 Å². The van der Waals surface area contributed by atoms with Gasteiger partial charge in [-0.2, -0.15) is 5.26 Å². The van der Waals surface area contributed by atoms with Gasteiger partial charge in [0.05, 0.1) is 6.07 Å². The van der Waals surface area contributed by atoms with Crippen molar-refractivity contribution < 1.29 is 4.79 Å². The SMILES string of the molecule is CC(=O)C1(C#N)CCC1. The molecule has 0 aliphatic heterocycles. The summed E-state index contributed by atoms with van der Waals surface area (Å²) in [5, 5.41) is 8.54. The van der Waals surface area contributed by atoms with Gasteiger partial charge in [0.25, 0.3) is 0 Å². The third-order valence-corrected chi connectivity index (χ3v) is 2.10. The molecule has 1 aliphatic rings. The zero-order valence-electron chi connectivity index (χ0n) is 5.48. The van der Waals surface area contributed by atoms with Crippen molar-refractivity contribution in [1.29, 1.82) is 5.26 Å². The fourth-order valence-corrected chi connectivity index (χ4v) is 1.07. The van der Waals surface area contributed by atoms with Crippen molar-refractivity contribution in [2.75, 3.05) is 0 Å². The van der Waals surface area contributed by atoms with Crippen LogP contribution < -0.4 is 0 Å². The number of ketones is 1. The molecule has 1 fully saturated rings. The van der Waals surface area contributed by atoms with E-state index >= 15 is 0 Å². The second-order valence-electron chi connectivity index (χ2n) is 2.60. The third kappa shape index (κ3) is 0.730. The Hall–Kier alpha value is -0.840. The van der Waals surface area contributed by atoms with Gasteiger partial charge in [-0.25, -0.2) is 0 Å².